The minimum absolute atomic E-state index is 0.273. The molecule has 2 atom stereocenters. The first-order chi connectivity index (χ1) is 7.56. The van der Waals surface area contributed by atoms with Crippen LogP contribution in [0.3, 0.4) is 0 Å². The number of hydrogen-bond donors (Lipinski definition) is 0. The molecular weight excluding hydrogens is 222 g/mol. The van der Waals surface area contributed by atoms with Gasteiger partial charge in [-0.15, -0.1) is 10.2 Å². The maximum absolute atomic E-state index is 5.71. The molecule has 0 aliphatic carbocycles. The van der Waals surface area contributed by atoms with E-state index >= 15 is 0 Å². The second-order valence-electron chi connectivity index (χ2n) is 4.74. The molecule has 0 spiro atoms. The molecule has 90 valence electrons. The van der Waals surface area contributed by atoms with Gasteiger partial charge in [-0.3, -0.25) is 0 Å². The third-order valence-corrected chi connectivity index (χ3v) is 3.90. The molecule has 1 aromatic rings. The van der Waals surface area contributed by atoms with Gasteiger partial charge in [-0.25, -0.2) is 0 Å². The van der Waals surface area contributed by atoms with Crippen molar-refractivity contribution in [3.8, 4) is 0 Å². The Hall–Kier alpha value is -0.680. The molecule has 0 aromatic carbocycles. The summed E-state index contributed by atoms with van der Waals surface area (Å²) < 4.78 is 5.71. The quantitative estimate of drug-likeness (QED) is 0.796. The van der Waals surface area contributed by atoms with Crippen LogP contribution in [0.25, 0.3) is 0 Å². The highest BCUT2D eigenvalue weighted by Crippen LogP contribution is 2.27. The van der Waals surface area contributed by atoms with Crippen LogP contribution in [0.2, 0.25) is 0 Å². The molecule has 5 heteroatoms. The van der Waals surface area contributed by atoms with Crippen molar-refractivity contribution in [2.45, 2.75) is 45.8 Å². The second-order valence-corrected chi connectivity index (χ2v) is 5.73. The van der Waals surface area contributed by atoms with Gasteiger partial charge in [-0.1, -0.05) is 25.2 Å². The van der Waals surface area contributed by atoms with Gasteiger partial charge in [-0.05, 0) is 13.8 Å². The predicted molar refractivity (Wildman–Crippen MR) is 66.2 cm³/mol. The molecule has 0 saturated carbocycles. The molecule has 1 aromatic heterocycles. The molecule has 1 saturated heterocycles. The van der Waals surface area contributed by atoms with Gasteiger partial charge in [0.15, 0.2) is 0 Å². The second kappa shape index (κ2) is 4.67. The van der Waals surface area contributed by atoms with Crippen molar-refractivity contribution in [1.82, 2.24) is 10.2 Å². The van der Waals surface area contributed by atoms with Gasteiger partial charge in [0.05, 0.1) is 12.2 Å². The average Bonchev–Trinajstić information content (AvgIpc) is 2.64. The van der Waals surface area contributed by atoms with Crippen LogP contribution in [-0.4, -0.2) is 35.5 Å². The first-order valence-electron chi connectivity index (χ1n) is 5.80. The van der Waals surface area contributed by atoms with Gasteiger partial charge in [0.1, 0.15) is 5.01 Å². The highest BCUT2D eigenvalue weighted by Gasteiger charge is 2.24. The molecule has 2 heterocycles. The minimum Gasteiger partial charge on any atom is -0.372 e. The summed E-state index contributed by atoms with van der Waals surface area (Å²) in [4.78, 5) is 2.28. The maximum Gasteiger partial charge on any atom is 0.208 e. The minimum atomic E-state index is 0.273. The van der Waals surface area contributed by atoms with E-state index in [1.54, 1.807) is 11.3 Å². The summed E-state index contributed by atoms with van der Waals surface area (Å²) in [5.41, 5.74) is 0. The van der Waals surface area contributed by atoms with Crippen molar-refractivity contribution in [3.05, 3.63) is 5.01 Å². The standard InChI is InChI=1S/C11H19N3OS/c1-7(2)10-12-13-11(16-10)14-5-8(3)15-9(4)6-14/h7-9H,5-6H2,1-4H3. The summed E-state index contributed by atoms with van der Waals surface area (Å²) >= 11 is 1.70. The Morgan fingerprint density at radius 1 is 1.25 bits per heavy atom. The Balaban J connectivity index is 2.10. The third-order valence-electron chi connectivity index (χ3n) is 2.61. The van der Waals surface area contributed by atoms with Crippen molar-refractivity contribution >= 4 is 16.5 Å². The van der Waals surface area contributed by atoms with Crippen LogP contribution in [-0.2, 0) is 4.74 Å². The number of anilines is 1. The van der Waals surface area contributed by atoms with Crippen molar-refractivity contribution in [1.29, 1.82) is 0 Å². The Kier molecular flexibility index (Phi) is 3.44. The lowest BCUT2D eigenvalue weighted by molar-refractivity contribution is -0.00525. The van der Waals surface area contributed by atoms with E-state index in [9.17, 15) is 0 Å². The Morgan fingerprint density at radius 3 is 2.38 bits per heavy atom. The lowest BCUT2D eigenvalue weighted by Crippen LogP contribution is -2.45. The Morgan fingerprint density at radius 2 is 1.88 bits per heavy atom. The number of aromatic nitrogens is 2. The van der Waals surface area contributed by atoms with Gasteiger partial charge < -0.3 is 9.64 Å². The smallest absolute Gasteiger partial charge is 0.208 e. The summed E-state index contributed by atoms with van der Waals surface area (Å²) in [6.07, 6.45) is 0.547. The normalized spacial score (nSPS) is 26.4. The van der Waals surface area contributed by atoms with Gasteiger partial charge >= 0.3 is 0 Å². The maximum atomic E-state index is 5.71. The Bertz CT molecular complexity index is 343. The zero-order chi connectivity index (χ0) is 11.7. The number of nitrogens with zero attached hydrogens (tertiary/aromatic N) is 3. The molecule has 16 heavy (non-hydrogen) atoms. The SMILES string of the molecule is CC1CN(c2nnc(C(C)C)s2)CC(C)O1. The number of ether oxygens (including phenoxy) is 1. The number of morpholine rings is 1. The average molecular weight is 241 g/mol. The summed E-state index contributed by atoms with van der Waals surface area (Å²) in [7, 11) is 0. The van der Waals surface area contributed by atoms with Crippen LogP contribution in [0.1, 0.15) is 38.6 Å². The zero-order valence-electron chi connectivity index (χ0n) is 10.3. The van der Waals surface area contributed by atoms with Gasteiger partial charge in [0, 0.05) is 19.0 Å². The van der Waals surface area contributed by atoms with E-state index in [2.05, 4.69) is 42.8 Å². The van der Waals surface area contributed by atoms with E-state index in [1.165, 1.54) is 0 Å². The molecule has 0 amide bonds. The van der Waals surface area contributed by atoms with E-state index in [4.69, 9.17) is 4.74 Å². The molecule has 4 nitrogen and oxygen atoms in total. The van der Waals surface area contributed by atoms with Crippen LogP contribution >= 0.6 is 11.3 Å². The van der Waals surface area contributed by atoms with Crippen molar-refractivity contribution in [2.24, 2.45) is 0 Å². The van der Waals surface area contributed by atoms with Crippen molar-refractivity contribution in [2.75, 3.05) is 18.0 Å². The van der Waals surface area contributed by atoms with E-state index in [0.29, 0.717) is 5.92 Å². The predicted octanol–water partition coefficient (Wildman–Crippen LogP) is 2.28. The Labute approximate surface area is 101 Å². The molecule has 1 fully saturated rings. The van der Waals surface area contributed by atoms with Crippen LogP contribution < -0.4 is 4.90 Å². The summed E-state index contributed by atoms with van der Waals surface area (Å²) in [5.74, 6) is 0.460. The zero-order valence-corrected chi connectivity index (χ0v) is 11.1. The summed E-state index contributed by atoms with van der Waals surface area (Å²) in [6, 6.07) is 0. The van der Waals surface area contributed by atoms with Crippen molar-refractivity contribution < 1.29 is 4.74 Å². The van der Waals surface area contributed by atoms with Crippen molar-refractivity contribution in [3.63, 3.8) is 0 Å². The molecule has 2 rings (SSSR count). The van der Waals surface area contributed by atoms with Gasteiger partial charge in [-0.2, -0.15) is 0 Å². The molecular formula is C11H19N3OS. The summed E-state index contributed by atoms with van der Waals surface area (Å²) in [5, 5.41) is 10.6. The number of rotatable bonds is 2. The van der Waals surface area contributed by atoms with E-state index in [0.717, 1.165) is 23.2 Å². The topological polar surface area (TPSA) is 38.2 Å². The molecule has 1 aliphatic rings. The first kappa shape index (κ1) is 11.8. The molecule has 0 radical (unpaired) electrons. The number of hydrogen-bond acceptors (Lipinski definition) is 5. The molecule has 0 N–H and O–H groups in total. The van der Waals surface area contributed by atoms with Gasteiger partial charge in [0.2, 0.25) is 5.13 Å². The van der Waals surface area contributed by atoms with Crippen LogP contribution in [0, 0.1) is 0 Å². The first-order valence-corrected chi connectivity index (χ1v) is 6.61. The molecule has 2 unspecified atom stereocenters. The fraction of sp³-hybridized carbons (Fsp3) is 0.818. The van der Waals surface area contributed by atoms with E-state index in [1.807, 2.05) is 0 Å². The van der Waals surface area contributed by atoms with E-state index in [-0.39, 0.29) is 12.2 Å². The third kappa shape index (κ3) is 2.52. The molecule has 0 bridgehead atoms. The lowest BCUT2D eigenvalue weighted by Gasteiger charge is -2.34. The fourth-order valence-corrected chi connectivity index (χ4v) is 2.79. The van der Waals surface area contributed by atoms with Crippen LogP contribution in [0.5, 0.6) is 0 Å². The monoisotopic (exact) mass is 241 g/mol. The summed E-state index contributed by atoms with van der Waals surface area (Å²) in [6.45, 7) is 10.3. The van der Waals surface area contributed by atoms with Crippen LogP contribution in [0.15, 0.2) is 0 Å². The lowest BCUT2D eigenvalue weighted by atomic mass is 10.2. The fourth-order valence-electron chi connectivity index (χ4n) is 1.92. The highest BCUT2D eigenvalue weighted by atomic mass is 32.1. The highest BCUT2D eigenvalue weighted by molar-refractivity contribution is 7.15. The molecule has 1 aliphatic heterocycles. The van der Waals surface area contributed by atoms with E-state index < -0.39 is 0 Å². The largest absolute Gasteiger partial charge is 0.372 e. The van der Waals surface area contributed by atoms with Gasteiger partial charge in [0.25, 0.3) is 0 Å². The van der Waals surface area contributed by atoms with Crippen LogP contribution in [0.4, 0.5) is 5.13 Å².